The molecule has 32 heavy (non-hydrogen) atoms. The van der Waals surface area contributed by atoms with E-state index < -0.39 is 16.4 Å². The van der Waals surface area contributed by atoms with Crippen LogP contribution in [0, 0.1) is 0 Å². The first-order chi connectivity index (χ1) is 14.9. The SMILES string of the molecule is CC(C)(C)[Si](C)(C)Oc1ccc2c(c1)Oc1ccccc1[Si]2(c1ccccc1)C(C)(C)C. The topological polar surface area (TPSA) is 18.5 Å². The Labute approximate surface area is 195 Å². The fourth-order valence-corrected chi connectivity index (χ4v) is 11.6. The van der Waals surface area contributed by atoms with Gasteiger partial charge < -0.3 is 9.16 Å². The highest BCUT2D eigenvalue weighted by atomic mass is 28.4. The van der Waals surface area contributed by atoms with Crippen LogP contribution in [0.1, 0.15) is 41.5 Å². The molecule has 1 heterocycles. The molecule has 1 atom stereocenters. The average molecular weight is 461 g/mol. The first-order valence-electron chi connectivity index (χ1n) is 11.5. The van der Waals surface area contributed by atoms with Crippen LogP contribution in [0.15, 0.2) is 72.8 Å². The lowest BCUT2D eigenvalue weighted by atomic mass is 10.2. The van der Waals surface area contributed by atoms with Crippen molar-refractivity contribution < 1.29 is 9.16 Å². The van der Waals surface area contributed by atoms with Gasteiger partial charge in [-0.3, -0.25) is 0 Å². The molecular weight excluding hydrogens is 424 g/mol. The van der Waals surface area contributed by atoms with Crippen molar-refractivity contribution in [2.45, 2.75) is 64.7 Å². The van der Waals surface area contributed by atoms with Gasteiger partial charge in [0.2, 0.25) is 8.32 Å². The molecule has 168 valence electrons. The van der Waals surface area contributed by atoms with Gasteiger partial charge in [0.1, 0.15) is 17.2 Å². The number of benzene rings is 3. The van der Waals surface area contributed by atoms with Crippen LogP contribution in [-0.2, 0) is 0 Å². The average Bonchev–Trinajstić information content (AvgIpc) is 2.70. The third-order valence-corrected chi connectivity index (χ3v) is 17.6. The lowest BCUT2D eigenvalue weighted by Crippen LogP contribution is -2.73. The summed E-state index contributed by atoms with van der Waals surface area (Å²) < 4.78 is 13.2. The van der Waals surface area contributed by atoms with Crippen LogP contribution in [0.4, 0.5) is 0 Å². The summed E-state index contributed by atoms with van der Waals surface area (Å²) in [5.41, 5.74) is 0. The predicted octanol–water partition coefficient (Wildman–Crippen LogP) is 6.45. The first kappa shape index (κ1) is 22.9. The zero-order chi connectivity index (χ0) is 23.4. The highest BCUT2D eigenvalue weighted by Gasteiger charge is 2.54. The molecule has 1 unspecified atom stereocenters. The third kappa shape index (κ3) is 3.54. The summed E-state index contributed by atoms with van der Waals surface area (Å²) in [4.78, 5) is 0. The molecular formula is C28H36O2Si2. The van der Waals surface area contributed by atoms with Crippen molar-refractivity contribution >= 4 is 32.0 Å². The van der Waals surface area contributed by atoms with E-state index in [0.29, 0.717) is 0 Å². The fourth-order valence-electron chi connectivity index (χ4n) is 4.78. The van der Waals surface area contributed by atoms with E-state index in [2.05, 4.69) is 127 Å². The third-order valence-electron chi connectivity index (χ3n) is 7.38. The fraction of sp³-hybridized carbons (Fsp3) is 0.357. The molecule has 2 nitrogen and oxygen atoms in total. The number of hydrogen-bond acceptors (Lipinski definition) is 2. The van der Waals surface area contributed by atoms with Gasteiger partial charge in [0.05, 0.1) is 0 Å². The molecule has 0 fully saturated rings. The summed E-state index contributed by atoms with van der Waals surface area (Å²) in [6, 6.07) is 26.3. The van der Waals surface area contributed by atoms with Crippen molar-refractivity contribution in [3.05, 3.63) is 72.8 Å². The van der Waals surface area contributed by atoms with E-state index in [9.17, 15) is 0 Å². The van der Waals surface area contributed by atoms with Gasteiger partial charge in [-0.05, 0) is 50.9 Å². The lowest BCUT2D eigenvalue weighted by molar-refractivity contribution is 0.468. The summed E-state index contributed by atoms with van der Waals surface area (Å²) in [5, 5.41) is 4.29. The molecule has 0 amide bonds. The molecule has 0 spiro atoms. The van der Waals surface area contributed by atoms with Crippen LogP contribution in [0.5, 0.6) is 17.2 Å². The molecule has 3 aromatic carbocycles. The predicted molar refractivity (Wildman–Crippen MR) is 142 cm³/mol. The maximum Gasteiger partial charge on any atom is 0.250 e. The molecule has 0 aromatic heterocycles. The normalized spacial score (nSPS) is 18.4. The zero-order valence-corrected chi connectivity index (χ0v) is 22.7. The summed E-state index contributed by atoms with van der Waals surface area (Å²) in [7, 11) is -4.33. The largest absolute Gasteiger partial charge is 0.543 e. The molecule has 0 bridgehead atoms. The van der Waals surface area contributed by atoms with Crippen molar-refractivity contribution in [2.24, 2.45) is 0 Å². The smallest absolute Gasteiger partial charge is 0.250 e. The molecule has 4 heteroatoms. The van der Waals surface area contributed by atoms with Gasteiger partial charge in [0.15, 0.2) is 8.07 Å². The van der Waals surface area contributed by atoms with E-state index in [1.807, 2.05) is 0 Å². The Morgan fingerprint density at radius 2 is 1.31 bits per heavy atom. The number of rotatable bonds is 3. The number of para-hydroxylation sites is 1. The van der Waals surface area contributed by atoms with E-state index in [1.165, 1.54) is 15.6 Å². The molecule has 0 N–H and O–H groups in total. The Morgan fingerprint density at radius 1 is 0.719 bits per heavy atom. The molecule has 3 aromatic rings. The van der Waals surface area contributed by atoms with Gasteiger partial charge in [0.25, 0.3) is 0 Å². The Balaban J connectivity index is 1.96. The number of hydrogen-bond donors (Lipinski definition) is 0. The van der Waals surface area contributed by atoms with Gasteiger partial charge in [-0.15, -0.1) is 0 Å². The van der Waals surface area contributed by atoms with Crippen LogP contribution in [-0.4, -0.2) is 16.4 Å². The van der Waals surface area contributed by atoms with Gasteiger partial charge >= 0.3 is 0 Å². The molecule has 1 aliphatic heterocycles. The first-order valence-corrected chi connectivity index (χ1v) is 16.5. The second-order valence-electron chi connectivity index (χ2n) is 11.5. The Hall–Kier alpha value is -2.31. The van der Waals surface area contributed by atoms with E-state index in [0.717, 1.165) is 17.2 Å². The second kappa shape index (κ2) is 7.63. The highest BCUT2D eigenvalue weighted by Crippen LogP contribution is 2.44. The number of ether oxygens (including phenoxy) is 1. The molecule has 0 saturated heterocycles. The molecule has 1 aliphatic rings. The molecule has 0 aliphatic carbocycles. The van der Waals surface area contributed by atoms with Gasteiger partial charge in [-0.2, -0.15) is 0 Å². The Kier molecular flexibility index (Phi) is 5.46. The van der Waals surface area contributed by atoms with E-state index in [1.54, 1.807) is 0 Å². The van der Waals surface area contributed by atoms with Crippen LogP contribution < -0.4 is 24.7 Å². The summed E-state index contributed by atoms with van der Waals surface area (Å²) in [6.07, 6.45) is 0. The van der Waals surface area contributed by atoms with E-state index in [-0.39, 0.29) is 10.1 Å². The second-order valence-corrected chi connectivity index (χ2v) is 20.9. The summed E-state index contributed by atoms with van der Waals surface area (Å²) in [5.74, 6) is 2.85. The molecule has 4 rings (SSSR count). The standard InChI is InChI=1S/C28H36O2Si2/c1-27(2,3)31(7,8)30-21-18-19-26-24(20-21)29-23-16-12-13-17-25(23)32(26,28(4,5)6)22-14-10-9-11-15-22/h9-20H,1-8H3. The maximum absolute atomic E-state index is 6.65. The van der Waals surface area contributed by atoms with Crippen molar-refractivity contribution in [1.82, 2.24) is 0 Å². The monoisotopic (exact) mass is 460 g/mol. The van der Waals surface area contributed by atoms with Crippen LogP contribution >= 0.6 is 0 Å². The van der Waals surface area contributed by atoms with Crippen LogP contribution in [0.2, 0.25) is 23.2 Å². The Morgan fingerprint density at radius 3 is 1.94 bits per heavy atom. The zero-order valence-electron chi connectivity index (χ0n) is 20.7. The van der Waals surface area contributed by atoms with Crippen molar-refractivity contribution in [2.75, 3.05) is 0 Å². The maximum atomic E-state index is 6.65. The van der Waals surface area contributed by atoms with Crippen molar-refractivity contribution in [1.29, 1.82) is 0 Å². The minimum Gasteiger partial charge on any atom is -0.543 e. The minimum atomic E-state index is -2.39. The summed E-state index contributed by atoms with van der Waals surface area (Å²) >= 11 is 0. The highest BCUT2D eigenvalue weighted by molar-refractivity contribution is 7.14. The van der Waals surface area contributed by atoms with Crippen molar-refractivity contribution in [3.8, 4) is 17.2 Å². The van der Waals surface area contributed by atoms with Gasteiger partial charge in [-0.1, -0.05) is 96.1 Å². The molecule has 0 saturated carbocycles. The van der Waals surface area contributed by atoms with Crippen LogP contribution in [0.25, 0.3) is 0 Å². The Bertz CT molecular complexity index is 1120. The van der Waals surface area contributed by atoms with Crippen LogP contribution in [0.3, 0.4) is 0 Å². The van der Waals surface area contributed by atoms with E-state index >= 15 is 0 Å². The lowest BCUT2D eigenvalue weighted by Gasteiger charge is -2.47. The quantitative estimate of drug-likeness (QED) is 0.418. The van der Waals surface area contributed by atoms with Gasteiger partial charge in [-0.25, -0.2) is 0 Å². The van der Waals surface area contributed by atoms with Crippen molar-refractivity contribution in [3.63, 3.8) is 0 Å². The van der Waals surface area contributed by atoms with Gasteiger partial charge in [0, 0.05) is 6.07 Å². The summed E-state index contributed by atoms with van der Waals surface area (Å²) in [6.45, 7) is 18.6. The number of fused-ring (bicyclic) bond motifs is 2. The van der Waals surface area contributed by atoms with E-state index in [4.69, 9.17) is 9.16 Å². The minimum absolute atomic E-state index is 0.0464. The molecule has 0 radical (unpaired) electrons.